The first kappa shape index (κ1) is 11.9. The first-order chi connectivity index (χ1) is 5.75. The number of aromatic nitrogens is 2. The molecule has 0 unspecified atom stereocenters. The molecule has 1 rings (SSSR count). The van der Waals surface area contributed by atoms with E-state index in [9.17, 15) is 4.79 Å². The minimum Gasteiger partial charge on any atom is -0.349 e. The van der Waals surface area contributed by atoms with Crippen molar-refractivity contribution in [2.45, 2.75) is 0 Å². The van der Waals surface area contributed by atoms with Crippen LogP contribution in [0.15, 0.2) is 12.3 Å². The van der Waals surface area contributed by atoms with Gasteiger partial charge < -0.3 is 11.1 Å². The molecule has 0 aliphatic heterocycles. The highest BCUT2D eigenvalue weighted by molar-refractivity contribution is 5.92. The van der Waals surface area contributed by atoms with Crippen molar-refractivity contribution in [3.05, 3.63) is 18.0 Å². The number of nitrogens with zero attached hydrogens (tertiary/aromatic N) is 2. The van der Waals surface area contributed by atoms with Gasteiger partial charge in [0.2, 0.25) is 0 Å². The summed E-state index contributed by atoms with van der Waals surface area (Å²) in [5.74, 6) is -0.138. The lowest BCUT2D eigenvalue weighted by Crippen LogP contribution is -2.30. The minimum absolute atomic E-state index is 0. The Kier molecular flexibility index (Phi) is 5.10. The van der Waals surface area contributed by atoms with Gasteiger partial charge in [-0.15, -0.1) is 12.4 Å². The molecule has 0 saturated carbocycles. The highest BCUT2D eigenvalue weighted by Crippen LogP contribution is 1.94. The zero-order valence-electron chi connectivity index (χ0n) is 7.36. The molecule has 6 heteroatoms. The Labute approximate surface area is 82.7 Å². The molecule has 5 nitrogen and oxygen atoms in total. The predicted octanol–water partition coefficient (Wildman–Crippen LogP) is -0.470. The Bertz CT molecular complexity index is 273. The first-order valence-corrected chi connectivity index (χ1v) is 3.72. The maximum Gasteiger partial charge on any atom is 0.269 e. The second-order valence-corrected chi connectivity index (χ2v) is 2.38. The second kappa shape index (κ2) is 5.55. The Morgan fingerprint density at radius 3 is 2.92 bits per heavy atom. The quantitative estimate of drug-likeness (QED) is 0.699. The molecule has 1 aromatic rings. The summed E-state index contributed by atoms with van der Waals surface area (Å²) in [5.41, 5.74) is 5.78. The van der Waals surface area contributed by atoms with Crippen molar-refractivity contribution < 1.29 is 4.79 Å². The number of nitrogens with one attached hydrogen (secondary N) is 1. The average Bonchev–Trinajstić information content (AvgIpc) is 2.47. The molecule has 1 aromatic heterocycles. The lowest BCUT2D eigenvalue weighted by molar-refractivity contribution is 0.0945. The molecule has 0 saturated heterocycles. The monoisotopic (exact) mass is 204 g/mol. The molecule has 0 aliphatic rings. The van der Waals surface area contributed by atoms with E-state index in [0.717, 1.165) is 0 Å². The van der Waals surface area contributed by atoms with Gasteiger partial charge in [-0.1, -0.05) is 0 Å². The molecule has 0 atom stereocenters. The van der Waals surface area contributed by atoms with Crippen LogP contribution in [0, 0.1) is 0 Å². The Balaban J connectivity index is 0.00000144. The smallest absolute Gasteiger partial charge is 0.269 e. The SMILES string of the molecule is Cl.Cn1nccc1C(=O)NCCN. The molecule has 0 aromatic carbocycles. The van der Waals surface area contributed by atoms with Gasteiger partial charge in [0.15, 0.2) is 0 Å². The third-order valence-corrected chi connectivity index (χ3v) is 1.48. The molecular weight excluding hydrogens is 192 g/mol. The number of nitrogens with two attached hydrogens (primary N) is 1. The average molecular weight is 205 g/mol. The third-order valence-electron chi connectivity index (χ3n) is 1.48. The Morgan fingerprint density at radius 2 is 2.46 bits per heavy atom. The van der Waals surface area contributed by atoms with E-state index in [-0.39, 0.29) is 18.3 Å². The molecule has 74 valence electrons. The number of carbonyl (C=O) groups is 1. The van der Waals surface area contributed by atoms with Crippen LogP contribution < -0.4 is 11.1 Å². The van der Waals surface area contributed by atoms with E-state index in [1.165, 1.54) is 4.68 Å². The molecule has 1 amide bonds. The lowest BCUT2D eigenvalue weighted by Gasteiger charge is -2.02. The fourth-order valence-electron chi connectivity index (χ4n) is 0.873. The maximum absolute atomic E-state index is 11.3. The summed E-state index contributed by atoms with van der Waals surface area (Å²) < 4.78 is 1.52. The van der Waals surface area contributed by atoms with Crippen molar-refractivity contribution in [1.82, 2.24) is 15.1 Å². The lowest BCUT2D eigenvalue weighted by atomic mass is 10.4. The maximum atomic E-state index is 11.3. The van der Waals surface area contributed by atoms with E-state index in [4.69, 9.17) is 5.73 Å². The number of halogens is 1. The number of hydrogen-bond donors (Lipinski definition) is 2. The van der Waals surface area contributed by atoms with Gasteiger partial charge in [-0.25, -0.2) is 0 Å². The van der Waals surface area contributed by atoms with Gasteiger partial charge in [-0.3, -0.25) is 9.48 Å². The Hall–Kier alpha value is -1.07. The van der Waals surface area contributed by atoms with Crippen LogP contribution in [-0.4, -0.2) is 28.8 Å². The third kappa shape index (κ3) is 3.04. The molecular formula is C7H13ClN4O. The van der Waals surface area contributed by atoms with Crippen LogP contribution in [0.5, 0.6) is 0 Å². The van der Waals surface area contributed by atoms with Crippen LogP contribution in [0.25, 0.3) is 0 Å². The summed E-state index contributed by atoms with van der Waals surface area (Å²) in [6.45, 7) is 0.938. The topological polar surface area (TPSA) is 72.9 Å². The summed E-state index contributed by atoms with van der Waals surface area (Å²) in [7, 11) is 1.72. The highest BCUT2D eigenvalue weighted by atomic mass is 35.5. The van der Waals surface area contributed by atoms with Crippen molar-refractivity contribution in [3.63, 3.8) is 0 Å². The summed E-state index contributed by atoms with van der Waals surface area (Å²) in [5, 5.41) is 6.52. The summed E-state index contributed by atoms with van der Waals surface area (Å²) in [6.07, 6.45) is 1.58. The summed E-state index contributed by atoms with van der Waals surface area (Å²) >= 11 is 0. The van der Waals surface area contributed by atoms with Gasteiger partial charge in [-0.05, 0) is 6.07 Å². The van der Waals surface area contributed by atoms with Crippen molar-refractivity contribution in [2.75, 3.05) is 13.1 Å². The number of aryl methyl sites for hydroxylation is 1. The van der Waals surface area contributed by atoms with Gasteiger partial charge >= 0.3 is 0 Å². The molecule has 13 heavy (non-hydrogen) atoms. The van der Waals surface area contributed by atoms with Gasteiger partial charge in [0.05, 0.1) is 0 Å². The van der Waals surface area contributed by atoms with Crippen LogP contribution in [0.3, 0.4) is 0 Å². The van der Waals surface area contributed by atoms with Gasteiger partial charge in [-0.2, -0.15) is 5.10 Å². The van der Waals surface area contributed by atoms with Crippen molar-refractivity contribution in [1.29, 1.82) is 0 Å². The molecule has 0 radical (unpaired) electrons. The number of rotatable bonds is 3. The molecule has 1 heterocycles. The standard InChI is InChI=1S/C7H12N4O.ClH/c1-11-6(2-4-10-11)7(12)9-5-3-8;/h2,4H,3,5,8H2,1H3,(H,9,12);1H. The van der Waals surface area contributed by atoms with E-state index in [1.54, 1.807) is 19.3 Å². The van der Waals surface area contributed by atoms with E-state index >= 15 is 0 Å². The van der Waals surface area contributed by atoms with E-state index in [1.807, 2.05) is 0 Å². The highest BCUT2D eigenvalue weighted by Gasteiger charge is 2.07. The molecule has 3 N–H and O–H groups in total. The first-order valence-electron chi connectivity index (χ1n) is 3.72. The van der Waals surface area contributed by atoms with Crippen LogP contribution in [0.4, 0.5) is 0 Å². The fourth-order valence-corrected chi connectivity index (χ4v) is 0.873. The number of amides is 1. The fraction of sp³-hybridized carbons (Fsp3) is 0.429. The van der Waals surface area contributed by atoms with E-state index in [0.29, 0.717) is 18.8 Å². The summed E-state index contributed by atoms with van der Waals surface area (Å²) in [6, 6.07) is 1.66. The normalized spacial score (nSPS) is 9.08. The van der Waals surface area contributed by atoms with Gasteiger partial charge in [0, 0.05) is 26.3 Å². The predicted molar refractivity (Wildman–Crippen MR) is 51.8 cm³/mol. The molecule has 0 fully saturated rings. The van der Waals surface area contributed by atoms with Crippen LogP contribution in [-0.2, 0) is 7.05 Å². The van der Waals surface area contributed by atoms with Crippen molar-refractivity contribution in [2.24, 2.45) is 12.8 Å². The van der Waals surface area contributed by atoms with Crippen molar-refractivity contribution in [3.8, 4) is 0 Å². The van der Waals surface area contributed by atoms with E-state index < -0.39 is 0 Å². The number of carbonyl (C=O) groups excluding carboxylic acids is 1. The summed E-state index contributed by atoms with van der Waals surface area (Å²) in [4.78, 5) is 11.3. The van der Waals surface area contributed by atoms with Gasteiger partial charge in [0.1, 0.15) is 5.69 Å². The van der Waals surface area contributed by atoms with Crippen LogP contribution in [0.1, 0.15) is 10.5 Å². The largest absolute Gasteiger partial charge is 0.349 e. The minimum atomic E-state index is -0.138. The zero-order valence-corrected chi connectivity index (χ0v) is 8.17. The number of hydrogen-bond acceptors (Lipinski definition) is 3. The molecule has 0 spiro atoms. The van der Waals surface area contributed by atoms with E-state index in [2.05, 4.69) is 10.4 Å². The Morgan fingerprint density at radius 1 is 1.77 bits per heavy atom. The molecule has 0 aliphatic carbocycles. The van der Waals surface area contributed by atoms with Crippen LogP contribution >= 0.6 is 12.4 Å². The van der Waals surface area contributed by atoms with Crippen molar-refractivity contribution >= 4 is 18.3 Å². The molecule has 0 bridgehead atoms. The second-order valence-electron chi connectivity index (χ2n) is 2.38. The zero-order chi connectivity index (χ0) is 8.97. The van der Waals surface area contributed by atoms with Gasteiger partial charge in [0.25, 0.3) is 5.91 Å². The van der Waals surface area contributed by atoms with Crippen LogP contribution in [0.2, 0.25) is 0 Å².